The minimum Gasteiger partial charge on any atom is -0.361 e. The fourth-order valence-electron chi connectivity index (χ4n) is 3.89. The number of nitrogens with zero attached hydrogens (tertiary/aromatic N) is 2. The van der Waals surface area contributed by atoms with Crippen molar-refractivity contribution in [1.29, 1.82) is 0 Å². The quantitative estimate of drug-likeness (QED) is 0.771. The third kappa shape index (κ3) is 2.89. The van der Waals surface area contributed by atoms with Crippen LogP contribution in [0.1, 0.15) is 35.5 Å². The van der Waals surface area contributed by atoms with Gasteiger partial charge < -0.3 is 9.97 Å². The molecule has 1 aliphatic carbocycles. The standard InChI is InChI=1S/C20H22N4O/c25-20-16-7-9-24(11-15-3-1-2-14-6-8-21-19(14)15)12-17(16)22-18(23-20)10-13-4-5-13/h1-3,6,8,13,21H,4-5,7,9-12H2,(H,22,23,25). The number of fused-ring (bicyclic) bond motifs is 2. The monoisotopic (exact) mass is 334 g/mol. The van der Waals surface area contributed by atoms with E-state index < -0.39 is 0 Å². The first-order chi connectivity index (χ1) is 12.3. The Balaban J connectivity index is 1.40. The van der Waals surface area contributed by atoms with Crippen molar-refractivity contribution >= 4 is 10.9 Å². The summed E-state index contributed by atoms with van der Waals surface area (Å²) in [7, 11) is 0. The lowest BCUT2D eigenvalue weighted by Crippen LogP contribution is -2.35. The van der Waals surface area contributed by atoms with Crippen LogP contribution in [0.3, 0.4) is 0 Å². The predicted octanol–water partition coefficient (Wildman–Crippen LogP) is 2.76. The molecule has 0 saturated heterocycles. The van der Waals surface area contributed by atoms with Crippen LogP contribution in [0.15, 0.2) is 35.3 Å². The van der Waals surface area contributed by atoms with E-state index in [-0.39, 0.29) is 5.56 Å². The second kappa shape index (κ2) is 5.85. The van der Waals surface area contributed by atoms with E-state index in [0.29, 0.717) is 0 Å². The van der Waals surface area contributed by atoms with Crippen molar-refractivity contribution in [3.8, 4) is 0 Å². The van der Waals surface area contributed by atoms with Gasteiger partial charge in [0.25, 0.3) is 5.56 Å². The van der Waals surface area contributed by atoms with E-state index in [1.165, 1.54) is 29.3 Å². The van der Waals surface area contributed by atoms with Crippen molar-refractivity contribution in [2.45, 2.75) is 38.8 Å². The molecule has 1 aliphatic heterocycles. The maximum absolute atomic E-state index is 12.4. The molecular formula is C20H22N4O. The molecule has 128 valence electrons. The molecule has 2 aromatic heterocycles. The number of aromatic nitrogens is 3. The van der Waals surface area contributed by atoms with Gasteiger partial charge in [0.15, 0.2) is 0 Å². The number of hydrogen-bond acceptors (Lipinski definition) is 3. The van der Waals surface area contributed by atoms with E-state index in [4.69, 9.17) is 4.98 Å². The van der Waals surface area contributed by atoms with Crippen LogP contribution in [0.2, 0.25) is 0 Å². The molecule has 3 heterocycles. The summed E-state index contributed by atoms with van der Waals surface area (Å²) in [5.74, 6) is 1.60. The highest BCUT2D eigenvalue weighted by Crippen LogP contribution is 2.31. The molecule has 0 bridgehead atoms. The Morgan fingerprint density at radius 2 is 2.16 bits per heavy atom. The summed E-state index contributed by atoms with van der Waals surface area (Å²) in [5.41, 5.74) is 4.44. The van der Waals surface area contributed by atoms with Crippen LogP contribution < -0.4 is 5.56 Å². The Kier molecular flexibility index (Phi) is 3.48. The Hall–Kier alpha value is -2.40. The summed E-state index contributed by atoms with van der Waals surface area (Å²) in [6.45, 7) is 2.54. The van der Waals surface area contributed by atoms with Crippen molar-refractivity contribution in [3.63, 3.8) is 0 Å². The van der Waals surface area contributed by atoms with Gasteiger partial charge >= 0.3 is 0 Å². The minimum atomic E-state index is 0.0757. The van der Waals surface area contributed by atoms with E-state index in [1.807, 2.05) is 6.20 Å². The zero-order valence-corrected chi connectivity index (χ0v) is 14.2. The fourth-order valence-corrected chi connectivity index (χ4v) is 3.89. The van der Waals surface area contributed by atoms with Crippen LogP contribution in [-0.2, 0) is 25.9 Å². The van der Waals surface area contributed by atoms with Gasteiger partial charge in [-0.15, -0.1) is 0 Å². The molecule has 1 saturated carbocycles. The van der Waals surface area contributed by atoms with Crippen LogP contribution in [0.4, 0.5) is 0 Å². The largest absolute Gasteiger partial charge is 0.361 e. The topological polar surface area (TPSA) is 64.8 Å². The van der Waals surface area contributed by atoms with Crippen LogP contribution in [0.5, 0.6) is 0 Å². The maximum atomic E-state index is 12.4. The molecule has 2 aliphatic rings. The molecule has 0 amide bonds. The van der Waals surface area contributed by atoms with Crippen molar-refractivity contribution in [2.24, 2.45) is 5.92 Å². The van der Waals surface area contributed by atoms with Gasteiger partial charge in [-0.2, -0.15) is 0 Å². The number of H-pyrrole nitrogens is 2. The lowest BCUT2D eigenvalue weighted by Gasteiger charge is -2.28. The number of rotatable bonds is 4. The molecule has 5 rings (SSSR count). The van der Waals surface area contributed by atoms with Crippen molar-refractivity contribution < 1.29 is 0 Å². The lowest BCUT2D eigenvalue weighted by atomic mass is 10.0. The second-order valence-electron chi connectivity index (χ2n) is 7.41. The van der Waals surface area contributed by atoms with Gasteiger partial charge in [-0.1, -0.05) is 18.2 Å². The molecule has 0 spiro atoms. The highest BCUT2D eigenvalue weighted by molar-refractivity contribution is 5.82. The highest BCUT2D eigenvalue weighted by Gasteiger charge is 2.25. The number of aromatic amines is 2. The Bertz CT molecular complexity index is 983. The summed E-state index contributed by atoms with van der Waals surface area (Å²) >= 11 is 0. The molecule has 25 heavy (non-hydrogen) atoms. The van der Waals surface area contributed by atoms with E-state index in [2.05, 4.69) is 39.1 Å². The van der Waals surface area contributed by atoms with Gasteiger partial charge in [-0.05, 0) is 42.2 Å². The van der Waals surface area contributed by atoms with Crippen LogP contribution in [-0.4, -0.2) is 26.4 Å². The smallest absolute Gasteiger partial charge is 0.254 e. The summed E-state index contributed by atoms with van der Waals surface area (Å²) in [6, 6.07) is 8.53. The summed E-state index contributed by atoms with van der Waals surface area (Å²) in [4.78, 5) is 25.9. The van der Waals surface area contributed by atoms with E-state index >= 15 is 0 Å². The molecule has 5 nitrogen and oxygen atoms in total. The van der Waals surface area contributed by atoms with Gasteiger partial charge in [0, 0.05) is 43.3 Å². The zero-order valence-electron chi connectivity index (χ0n) is 14.2. The molecule has 0 unspecified atom stereocenters. The number of benzene rings is 1. The molecular weight excluding hydrogens is 312 g/mol. The van der Waals surface area contributed by atoms with Crippen molar-refractivity contribution in [3.05, 3.63) is 63.5 Å². The first kappa shape index (κ1) is 14.9. The minimum absolute atomic E-state index is 0.0757. The average Bonchev–Trinajstić information content (AvgIpc) is 3.27. The second-order valence-corrected chi connectivity index (χ2v) is 7.41. The third-order valence-corrected chi connectivity index (χ3v) is 5.45. The molecule has 0 atom stereocenters. The van der Waals surface area contributed by atoms with Gasteiger partial charge in [-0.3, -0.25) is 9.69 Å². The molecule has 5 heteroatoms. The average molecular weight is 334 g/mol. The summed E-state index contributed by atoms with van der Waals surface area (Å²) < 4.78 is 0. The Labute approximate surface area is 146 Å². The van der Waals surface area contributed by atoms with Crippen LogP contribution in [0.25, 0.3) is 10.9 Å². The highest BCUT2D eigenvalue weighted by atomic mass is 16.1. The molecule has 2 N–H and O–H groups in total. The first-order valence-electron chi connectivity index (χ1n) is 9.14. The lowest BCUT2D eigenvalue weighted by molar-refractivity contribution is 0.240. The normalized spacial score (nSPS) is 17.8. The molecule has 1 aromatic carbocycles. The number of nitrogens with one attached hydrogen (secondary N) is 2. The fraction of sp³-hybridized carbons (Fsp3) is 0.400. The SMILES string of the molecule is O=c1[nH]c(CC2CC2)nc2c1CCN(Cc1cccc3cc[nH]c13)C2. The summed E-state index contributed by atoms with van der Waals surface area (Å²) in [6.07, 6.45) is 6.23. The first-order valence-corrected chi connectivity index (χ1v) is 9.14. The Morgan fingerprint density at radius 3 is 3.04 bits per heavy atom. The van der Waals surface area contributed by atoms with Crippen molar-refractivity contribution in [2.75, 3.05) is 6.54 Å². The van der Waals surface area contributed by atoms with Crippen LogP contribution >= 0.6 is 0 Å². The van der Waals surface area contributed by atoms with Crippen molar-refractivity contribution in [1.82, 2.24) is 19.9 Å². The van der Waals surface area contributed by atoms with E-state index in [0.717, 1.165) is 55.5 Å². The summed E-state index contributed by atoms with van der Waals surface area (Å²) in [5, 5.41) is 1.25. The predicted molar refractivity (Wildman–Crippen MR) is 97.4 cm³/mol. The van der Waals surface area contributed by atoms with E-state index in [1.54, 1.807) is 0 Å². The number of para-hydroxylation sites is 1. The molecule has 0 radical (unpaired) electrons. The number of hydrogen-bond donors (Lipinski definition) is 2. The maximum Gasteiger partial charge on any atom is 0.254 e. The van der Waals surface area contributed by atoms with Gasteiger partial charge in [-0.25, -0.2) is 4.98 Å². The third-order valence-electron chi connectivity index (χ3n) is 5.45. The van der Waals surface area contributed by atoms with Gasteiger partial charge in [0.1, 0.15) is 5.82 Å². The zero-order chi connectivity index (χ0) is 16.8. The van der Waals surface area contributed by atoms with Gasteiger partial charge in [0.05, 0.1) is 5.69 Å². The Morgan fingerprint density at radius 1 is 1.24 bits per heavy atom. The molecule has 3 aromatic rings. The molecule has 1 fully saturated rings. The van der Waals surface area contributed by atoms with Crippen LogP contribution in [0, 0.1) is 5.92 Å². The van der Waals surface area contributed by atoms with E-state index in [9.17, 15) is 4.79 Å². The van der Waals surface area contributed by atoms with Gasteiger partial charge in [0.2, 0.25) is 0 Å².